The maximum Gasteiger partial charge on any atom is 0.302 e. The number of rotatable bonds is 3. The van der Waals surface area contributed by atoms with Crippen LogP contribution in [-0.2, 0) is 10.2 Å². The second-order valence-electron chi connectivity index (χ2n) is 4.28. The fourth-order valence-electron chi connectivity index (χ4n) is 1.94. The first-order chi connectivity index (χ1) is 8.58. The molecule has 2 heterocycles. The second kappa shape index (κ2) is 5.99. The number of nitrogens with zero attached hydrogens (tertiary/aromatic N) is 2. The Labute approximate surface area is 116 Å². The lowest BCUT2D eigenvalue weighted by Crippen LogP contribution is -2.36. The van der Waals surface area contributed by atoms with Gasteiger partial charge in [-0.1, -0.05) is 28.8 Å². The monoisotopic (exact) mass is 333 g/mol. The van der Waals surface area contributed by atoms with Crippen LogP contribution in [0, 0.1) is 0 Å². The first-order valence-corrected chi connectivity index (χ1v) is 8.21. The topological polar surface area (TPSA) is 62.3 Å². The van der Waals surface area contributed by atoms with Crippen molar-refractivity contribution in [3.8, 4) is 0 Å². The van der Waals surface area contributed by atoms with Gasteiger partial charge in [0.1, 0.15) is 5.82 Å². The molecule has 1 saturated heterocycles. The van der Waals surface area contributed by atoms with Crippen molar-refractivity contribution in [1.82, 2.24) is 9.29 Å². The highest BCUT2D eigenvalue weighted by atomic mass is 79.9. The Kier molecular flexibility index (Phi) is 4.58. The summed E-state index contributed by atoms with van der Waals surface area (Å²) < 4.78 is 29.2. The van der Waals surface area contributed by atoms with E-state index in [1.807, 2.05) is 0 Å². The molecule has 7 heteroatoms. The molecule has 18 heavy (non-hydrogen) atoms. The van der Waals surface area contributed by atoms with Crippen LogP contribution in [0.4, 0.5) is 5.82 Å². The molecule has 0 unspecified atom stereocenters. The van der Waals surface area contributed by atoms with E-state index in [1.165, 1.54) is 4.31 Å². The number of anilines is 1. The Morgan fingerprint density at radius 3 is 2.50 bits per heavy atom. The smallest absolute Gasteiger partial charge is 0.254 e. The lowest BCUT2D eigenvalue weighted by Gasteiger charge is -2.20. The maximum atomic E-state index is 12.2. The highest BCUT2D eigenvalue weighted by Crippen LogP contribution is 2.17. The molecule has 5 nitrogen and oxygen atoms in total. The van der Waals surface area contributed by atoms with E-state index in [9.17, 15) is 8.42 Å². The minimum atomic E-state index is -3.48. The van der Waals surface area contributed by atoms with Crippen LogP contribution in [-0.4, -0.2) is 30.8 Å². The molecule has 1 aliphatic heterocycles. The summed E-state index contributed by atoms with van der Waals surface area (Å²) in [6.45, 7) is 1.17. The highest BCUT2D eigenvalue weighted by molar-refractivity contribution is 9.10. The first kappa shape index (κ1) is 13.8. The number of hydrogen-bond acceptors (Lipinski definition) is 3. The van der Waals surface area contributed by atoms with Gasteiger partial charge in [-0.05, 0) is 25.0 Å². The third-order valence-electron chi connectivity index (χ3n) is 2.86. The summed E-state index contributed by atoms with van der Waals surface area (Å²) in [6, 6.07) is 3.40. The third kappa shape index (κ3) is 3.66. The minimum Gasteiger partial charge on any atom is -0.254 e. The van der Waals surface area contributed by atoms with E-state index in [0.717, 1.165) is 30.2 Å². The molecule has 1 N–H and O–H groups in total. The van der Waals surface area contributed by atoms with Crippen LogP contribution in [0.2, 0.25) is 0 Å². The number of hydrogen-bond donors (Lipinski definition) is 1. The van der Waals surface area contributed by atoms with E-state index in [-0.39, 0.29) is 0 Å². The minimum absolute atomic E-state index is 0.341. The van der Waals surface area contributed by atoms with Gasteiger partial charge >= 0.3 is 10.2 Å². The van der Waals surface area contributed by atoms with E-state index < -0.39 is 10.2 Å². The molecule has 0 aliphatic carbocycles. The fraction of sp³-hybridized carbons (Fsp3) is 0.545. The first-order valence-electron chi connectivity index (χ1n) is 5.97. The molecule has 1 aromatic heterocycles. The van der Waals surface area contributed by atoms with Gasteiger partial charge in [0, 0.05) is 23.8 Å². The van der Waals surface area contributed by atoms with Crippen molar-refractivity contribution < 1.29 is 8.42 Å². The van der Waals surface area contributed by atoms with Crippen molar-refractivity contribution in [2.45, 2.75) is 25.7 Å². The Bertz CT molecular complexity index is 499. The molecule has 0 atom stereocenters. The normalized spacial score (nSPS) is 18.3. The van der Waals surface area contributed by atoms with Crippen LogP contribution in [0.1, 0.15) is 25.7 Å². The van der Waals surface area contributed by atoms with Crippen molar-refractivity contribution in [2.24, 2.45) is 0 Å². The van der Waals surface area contributed by atoms with Crippen molar-refractivity contribution in [3.63, 3.8) is 0 Å². The quantitative estimate of drug-likeness (QED) is 0.923. The van der Waals surface area contributed by atoms with Gasteiger partial charge in [0.05, 0.1) is 0 Å². The summed E-state index contributed by atoms with van der Waals surface area (Å²) in [5.74, 6) is 0.341. The van der Waals surface area contributed by atoms with Crippen molar-refractivity contribution in [3.05, 3.63) is 22.8 Å². The molecule has 0 bridgehead atoms. The Morgan fingerprint density at radius 2 is 1.89 bits per heavy atom. The van der Waals surface area contributed by atoms with Crippen LogP contribution in [0.15, 0.2) is 22.8 Å². The van der Waals surface area contributed by atoms with E-state index >= 15 is 0 Å². The lowest BCUT2D eigenvalue weighted by molar-refractivity contribution is 0.427. The summed E-state index contributed by atoms with van der Waals surface area (Å²) >= 11 is 3.29. The van der Waals surface area contributed by atoms with Gasteiger partial charge in [0.2, 0.25) is 0 Å². The molecule has 2 rings (SSSR count). The maximum absolute atomic E-state index is 12.2. The van der Waals surface area contributed by atoms with Gasteiger partial charge in [0.25, 0.3) is 0 Å². The zero-order valence-electron chi connectivity index (χ0n) is 9.97. The average molecular weight is 334 g/mol. The van der Waals surface area contributed by atoms with Gasteiger partial charge < -0.3 is 0 Å². The van der Waals surface area contributed by atoms with Gasteiger partial charge in [0.15, 0.2) is 0 Å². The molecule has 1 aliphatic rings. The number of aromatic nitrogens is 1. The summed E-state index contributed by atoms with van der Waals surface area (Å²) in [7, 11) is -3.48. The molecule has 0 aromatic carbocycles. The zero-order chi connectivity index (χ0) is 13.0. The number of nitrogens with one attached hydrogen (secondary N) is 1. The SMILES string of the molecule is O=S(=O)(Nc1cc(Br)ccn1)N1CCCCCC1. The standard InChI is InChI=1S/C11H16BrN3O2S/c12-10-5-6-13-11(9-10)14-18(16,17)15-7-3-1-2-4-8-15/h5-6,9H,1-4,7-8H2,(H,13,14). The van der Waals surface area contributed by atoms with Crippen molar-refractivity contribution >= 4 is 32.0 Å². The van der Waals surface area contributed by atoms with Crippen LogP contribution in [0.5, 0.6) is 0 Å². The van der Waals surface area contributed by atoms with Crippen molar-refractivity contribution in [2.75, 3.05) is 17.8 Å². The van der Waals surface area contributed by atoms with E-state index in [1.54, 1.807) is 18.3 Å². The molecular formula is C11H16BrN3O2S. The van der Waals surface area contributed by atoms with Crippen LogP contribution < -0.4 is 4.72 Å². The molecule has 1 fully saturated rings. The van der Waals surface area contributed by atoms with Crippen LogP contribution in [0.25, 0.3) is 0 Å². The molecule has 0 radical (unpaired) electrons. The van der Waals surface area contributed by atoms with Crippen LogP contribution >= 0.6 is 15.9 Å². The van der Waals surface area contributed by atoms with Gasteiger partial charge in [-0.2, -0.15) is 12.7 Å². The Balaban J connectivity index is 2.10. The predicted octanol–water partition coefficient (Wildman–Crippen LogP) is 2.38. The average Bonchev–Trinajstić information content (AvgIpc) is 2.57. The van der Waals surface area contributed by atoms with E-state index in [0.29, 0.717) is 18.9 Å². The summed E-state index contributed by atoms with van der Waals surface area (Å²) in [6.07, 6.45) is 5.60. The predicted molar refractivity (Wildman–Crippen MR) is 74.5 cm³/mol. The Morgan fingerprint density at radius 1 is 1.22 bits per heavy atom. The zero-order valence-corrected chi connectivity index (χ0v) is 12.4. The highest BCUT2D eigenvalue weighted by Gasteiger charge is 2.23. The molecule has 100 valence electrons. The van der Waals surface area contributed by atoms with Gasteiger partial charge in [-0.3, -0.25) is 4.72 Å². The van der Waals surface area contributed by atoms with E-state index in [2.05, 4.69) is 25.6 Å². The summed E-state index contributed by atoms with van der Waals surface area (Å²) in [5, 5.41) is 0. The fourth-order valence-corrected chi connectivity index (χ4v) is 3.52. The Hall–Kier alpha value is -0.660. The lowest BCUT2D eigenvalue weighted by atomic mass is 10.2. The number of halogens is 1. The third-order valence-corrected chi connectivity index (χ3v) is 4.87. The van der Waals surface area contributed by atoms with Gasteiger partial charge in [-0.15, -0.1) is 0 Å². The summed E-state index contributed by atoms with van der Waals surface area (Å²) in [4.78, 5) is 4.00. The van der Waals surface area contributed by atoms with Crippen LogP contribution in [0.3, 0.4) is 0 Å². The molecular weight excluding hydrogens is 318 g/mol. The molecule has 1 aromatic rings. The van der Waals surface area contributed by atoms with E-state index in [4.69, 9.17) is 0 Å². The molecule has 0 amide bonds. The number of pyridine rings is 1. The molecule has 0 spiro atoms. The molecule has 0 saturated carbocycles. The van der Waals surface area contributed by atoms with Gasteiger partial charge in [-0.25, -0.2) is 4.98 Å². The second-order valence-corrected chi connectivity index (χ2v) is 6.87. The summed E-state index contributed by atoms with van der Waals surface area (Å²) in [5.41, 5.74) is 0. The van der Waals surface area contributed by atoms with Crippen molar-refractivity contribution in [1.29, 1.82) is 0 Å². The largest absolute Gasteiger partial charge is 0.302 e.